The number of hydrogen-bond acceptors (Lipinski definition) is 5. The second kappa shape index (κ2) is 6.44. The molecule has 0 radical (unpaired) electrons. The van der Waals surface area contributed by atoms with Crippen LogP contribution in [0.4, 0.5) is 9.52 Å². The van der Waals surface area contributed by atoms with Gasteiger partial charge in [0.25, 0.3) is 0 Å². The highest BCUT2D eigenvalue weighted by atomic mass is 32.1. The van der Waals surface area contributed by atoms with E-state index in [1.807, 2.05) is 5.38 Å². The molecule has 3 rings (SSSR count). The van der Waals surface area contributed by atoms with E-state index in [0.717, 1.165) is 35.7 Å². The number of nitrogens with zero attached hydrogens (tertiary/aromatic N) is 1. The molecule has 4 nitrogen and oxygen atoms in total. The lowest BCUT2D eigenvalue weighted by Crippen LogP contribution is -2.18. The highest BCUT2D eigenvalue weighted by molar-refractivity contribution is 7.14. The summed E-state index contributed by atoms with van der Waals surface area (Å²) in [6.45, 7) is 0. The molecule has 22 heavy (non-hydrogen) atoms. The Kier molecular flexibility index (Phi) is 4.38. The van der Waals surface area contributed by atoms with Crippen LogP contribution in [0.1, 0.15) is 19.3 Å². The highest BCUT2D eigenvalue weighted by Gasteiger charge is 2.30. The number of ether oxygens (including phenoxy) is 1. The molecule has 1 saturated carbocycles. The summed E-state index contributed by atoms with van der Waals surface area (Å²) in [7, 11) is 1.43. The molecule has 2 atom stereocenters. The standard InChI is InChI=1S/C16H17FN2O2S/c1-21-15(20)11-4-7-13(8-11)18-16-19-14(9-22-16)10-2-5-12(17)6-3-10/h2-3,5-6,9,11,13H,4,7-8H2,1H3,(H,18,19)/t11-,13+/m0/s1. The van der Waals surface area contributed by atoms with Gasteiger partial charge in [0.05, 0.1) is 18.7 Å². The molecular weight excluding hydrogens is 303 g/mol. The predicted octanol–water partition coefficient (Wildman–Crippen LogP) is 3.70. The highest BCUT2D eigenvalue weighted by Crippen LogP contribution is 2.31. The Balaban J connectivity index is 1.63. The Morgan fingerprint density at radius 3 is 2.86 bits per heavy atom. The van der Waals surface area contributed by atoms with Crippen LogP contribution in [-0.2, 0) is 9.53 Å². The molecule has 2 aromatic rings. The van der Waals surface area contributed by atoms with Gasteiger partial charge >= 0.3 is 5.97 Å². The molecule has 0 saturated heterocycles. The van der Waals surface area contributed by atoms with Crippen molar-refractivity contribution in [3.63, 3.8) is 0 Å². The molecule has 0 unspecified atom stereocenters. The Morgan fingerprint density at radius 1 is 1.36 bits per heavy atom. The van der Waals surface area contributed by atoms with Gasteiger partial charge in [0.2, 0.25) is 0 Å². The maximum atomic E-state index is 12.9. The summed E-state index contributed by atoms with van der Waals surface area (Å²) in [6, 6.07) is 6.55. The first-order chi connectivity index (χ1) is 10.7. The molecule has 0 bridgehead atoms. The van der Waals surface area contributed by atoms with Gasteiger partial charge in [0, 0.05) is 17.0 Å². The second-order valence-corrected chi connectivity index (χ2v) is 6.28. The molecule has 0 aliphatic heterocycles. The Morgan fingerprint density at radius 2 is 2.14 bits per heavy atom. The van der Waals surface area contributed by atoms with Gasteiger partial charge in [-0.2, -0.15) is 0 Å². The topological polar surface area (TPSA) is 51.2 Å². The first-order valence-electron chi connectivity index (χ1n) is 7.21. The number of halogens is 1. The van der Waals surface area contributed by atoms with E-state index in [0.29, 0.717) is 0 Å². The lowest BCUT2D eigenvalue weighted by Gasteiger charge is -2.11. The van der Waals surface area contributed by atoms with E-state index < -0.39 is 0 Å². The number of carbonyl (C=O) groups excluding carboxylic acids is 1. The van der Waals surface area contributed by atoms with Gasteiger partial charge in [0.1, 0.15) is 5.82 Å². The lowest BCUT2D eigenvalue weighted by atomic mass is 10.1. The summed E-state index contributed by atoms with van der Waals surface area (Å²) in [5, 5.41) is 6.15. The number of methoxy groups -OCH3 is 1. The van der Waals surface area contributed by atoms with Crippen LogP contribution in [-0.4, -0.2) is 24.1 Å². The number of carbonyl (C=O) groups is 1. The first kappa shape index (κ1) is 15.0. The van der Waals surface area contributed by atoms with Gasteiger partial charge in [0.15, 0.2) is 5.13 Å². The van der Waals surface area contributed by atoms with Crippen molar-refractivity contribution >= 4 is 22.4 Å². The number of hydrogen-bond donors (Lipinski definition) is 1. The van der Waals surface area contributed by atoms with Crippen LogP contribution in [0.25, 0.3) is 11.3 Å². The van der Waals surface area contributed by atoms with Crippen molar-refractivity contribution in [2.24, 2.45) is 5.92 Å². The molecule has 1 aromatic heterocycles. The molecule has 1 fully saturated rings. The van der Waals surface area contributed by atoms with E-state index in [-0.39, 0.29) is 23.7 Å². The lowest BCUT2D eigenvalue weighted by molar-refractivity contribution is -0.145. The van der Waals surface area contributed by atoms with Crippen molar-refractivity contribution in [1.29, 1.82) is 0 Å². The van der Waals surface area contributed by atoms with E-state index in [1.165, 1.54) is 30.6 Å². The number of aromatic nitrogens is 1. The normalized spacial score (nSPS) is 20.8. The molecule has 0 amide bonds. The minimum Gasteiger partial charge on any atom is -0.469 e. The fourth-order valence-corrected chi connectivity index (χ4v) is 3.56. The van der Waals surface area contributed by atoms with Crippen molar-refractivity contribution < 1.29 is 13.9 Å². The van der Waals surface area contributed by atoms with Crippen LogP contribution in [0, 0.1) is 11.7 Å². The van der Waals surface area contributed by atoms with Gasteiger partial charge in [-0.05, 0) is 43.5 Å². The summed E-state index contributed by atoms with van der Waals surface area (Å²) in [5.74, 6) is -0.397. The smallest absolute Gasteiger partial charge is 0.308 e. The summed E-state index contributed by atoms with van der Waals surface area (Å²) < 4.78 is 17.7. The van der Waals surface area contributed by atoms with Crippen LogP contribution >= 0.6 is 11.3 Å². The van der Waals surface area contributed by atoms with Crippen molar-refractivity contribution in [3.05, 3.63) is 35.5 Å². The maximum absolute atomic E-state index is 12.9. The Bertz CT molecular complexity index is 656. The molecule has 116 valence electrons. The zero-order valence-corrected chi connectivity index (χ0v) is 13.0. The average Bonchev–Trinajstić information content (AvgIpc) is 3.17. The summed E-state index contributed by atoms with van der Waals surface area (Å²) in [6.07, 6.45) is 2.56. The summed E-state index contributed by atoms with van der Waals surface area (Å²) in [4.78, 5) is 16.1. The molecule has 0 spiro atoms. The monoisotopic (exact) mass is 320 g/mol. The minimum atomic E-state index is -0.253. The first-order valence-corrected chi connectivity index (χ1v) is 8.09. The molecule has 1 aliphatic carbocycles. The zero-order chi connectivity index (χ0) is 15.5. The molecule has 1 aliphatic rings. The van der Waals surface area contributed by atoms with E-state index in [4.69, 9.17) is 4.74 Å². The van der Waals surface area contributed by atoms with Crippen LogP contribution in [0.2, 0.25) is 0 Å². The summed E-state index contributed by atoms with van der Waals surface area (Å²) >= 11 is 1.52. The van der Waals surface area contributed by atoms with E-state index in [9.17, 15) is 9.18 Å². The SMILES string of the molecule is COC(=O)[C@H]1CC[C@@H](Nc2nc(-c3ccc(F)cc3)cs2)C1. The van der Waals surface area contributed by atoms with Gasteiger partial charge in [-0.3, -0.25) is 4.79 Å². The third-order valence-electron chi connectivity index (χ3n) is 3.94. The number of anilines is 1. The van der Waals surface area contributed by atoms with Gasteiger partial charge in [-0.25, -0.2) is 9.37 Å². The minimum absolute atomic E-state index is 0.0148. The average molecular weight is 320 g/mol. The zero-order valence-electron chi connectivity index (χ0n) is 12.2. The van der Waals surface area contributed by atoms with Crippen LogP contribution in [0.5, 0.6) is 0 Å². The van der Waals surface area contributed by atoms with Crippen molar-refractivity contribution in [2.75, 3.05) is 12.4 Å². The number of nitrogens with one attached hydrogen (secondary N) is 1. The van der Waals surface area contributed by atoms with E-state index in [1.54, 1.807) is 12.1 Å². The molecule has 1 heterocycles. The van der Waals surface area contributed by atoms with Crippen LogP contribution in [0.3, 0.4) is 0 Å². The van der Waals surface area contributed by atoms with E-state index >= 15 is 0 Å². The fourth-order valence-electron chi connectivity index (χ4n) is 2.76. The Hall–Kier alpha value is -1.95. The van der Waals surface area contributed by atoms with Crippen molar-refractivity contribution in [1.82, 2.24) is 4.98 Å². The number of benzene rings is 1. The molecule has 1 aromatic carbocycles. The maximum Gasteiger partial charge on any atom is 0.308 e. The Labute approximate surface area is 132 Å². The number of esters is 1. The molecule has 1 N–H and O–H groups in total. The third kappa shape index (κ3) is 3.27. The largest absolute Gasteiger partial charge is 0.469 e. The second-order valence-electron chi connectivity index (χ2n) is 5.42. The molecular formula is C16H17FN2O2S. The number of thiazole rings is 1. The van der Waals surface area contributed by atoms with Crippen molar-refractivity contribution in [2.45, 2.75) is 25.3 Å². The molecule has 6 heteroatoms. The van der Waals surface area contributed by atoms with E-state index in [2.05, 4.69) is 10.3 Å². The van der Waals surface area contributed by atoms with Crippen molar-refractivity contribution in [3.8, 4) is 11.3 Å². The fraction of sp³-hybridized carbons (Fsp3) is 0.375. The summed E-state index contributed by atoms with van der Waals surface area (Å²) in [5.41, 5.74) is 1.72. The van der Waals surface area contributed by atoms with Gasteiger partial charge in [-0.15, -0.1) is 11.3 Å². The van der Waals surface area contributed by atoms with Gasteiger partial charge < -0.3 is 10.1 Å². The van der Waals surface area contributed by atoms with Crippen LogP contribution in [0.15, 0.2) is 29.6 Å². The van der Waals surface area contributed by atoms with Gasteiger partial charge in [-0.1, -0.05) is 0 Å². The predicted molar refractivity (Wildman–Crippen MR) is 84.3 cm³/mol. The quantitative estimate of drug-likeness (QED) is 0.873. The van der Waals surface area contributed by atoms with Crippen LogP contribution < -0.4 is 5.32 Å². The third-order valence-corrected chi connectivity index (χ3v) is 4.71. The number of rotatable bonds is 4.